The number of benzene rings is 3. The van der Waals surface area contributed by atoms with Crippen LogP contribution < -0.4 is 10.1 Å². The van der Waals surface area contributed by atoms with Gasteiger partial charge in [-0.2, -0.15) is 0 Å². The van der Waals surface area contributed by atoms with E-state index < -0.39 is 6.04 Å². The molecule has 0 aliphatic carbocycles. The highest BCUT2D eigenvalue weighted by Crippen LogP contribution is 2.27. The molecule has 2 amide bonds. The van der Waals surface area contributed by atoms with Crippen LogP contribution in [-0.4, -0.2) is 35.9 Å². The molecule has 0 aliphatic heterocycles. The minimum Gasteiger partial charge on any atom is -0.484 e. The third kappa shape index (κ3) is 8.13. The van der Waals surface area contributed by atoms with Gasteiger partial charge in [-0.1, -0.05) is 78.1 Å². The van der Waals surface area contributed by atoms with Gasteiger partial charge in [-0.15, -0.1) is 0 Å². The molecule has 8 heteroatoms. The van der Waals surface area contributed by atoms with Gasteiger partial charge < -0.3 is 15.0 Å². The molecule has 1 atom stereocenters. The molecule has 5 nitrogen and oxygen atoms in total. The predicted octanol–water partition coefficient (Wildman–Crippen LogP) is 6.81. The molecule has 0 heterocycles. The summed E-state index contributed by atoms with van der Waals surface area (Å²) in [7, 11) is 0. The first kappa shape index (κ1) is 28.8. The van der Waals surface area contributed by atoms with E-state index in [4.69, 9.17) is 39.5 Å². The highest BCUT2D eigenvalue weighted by Gasteiger charge is 2.30. The van der Waals surface area contributed by atoms with E-state index in [-0.39, 0.29) is 25.0 Å². The Morgan fingerprint density at radius 3 is 2.22 bits per heavy atom. The van der Waals surface area contributed by atoms with Crippen molar-refractivity contribution in [3.05, 3.63) is 98.0 Å². The molecule has 37 heavy (non-hydrogen) atoms. The zero-order valence-corrected chi connectivity index (χ0v) is 23.5. The molecule has 0 saturated carbocycles. The number of carbonyl (C=O) groups excluding carboxylic acids is 2. The lowest BCUT2D eigenvalue weighted by Gasteiger charge is -2.31. The zero-order chi connectivity index (χ0) is 26.9. The third-order valence-electron chi connectivity index (χ3n) is 5.93. The predicted molar refractivity (Wildman–Crippen MR) is 151 cm³/mol. The van der Waals surface area contributed by atoms with E-state index in [1.807, 2.05) is 51.1 Å². The van der Waals surface area contributed by atoms with Gasteiger partial charge in [0.2, 0.25) is 5.91 Å². The van der Waals surface area contributed by atoms with Gasteiger partial charge in [0.05, 0.1) is 10.0 Å². The molecule has 0 saturated heterocycles. The fourth-order valence-electron chi connectivity index (χ4n) is 3.97. The van der Waals surface area contributed by atoms with Gasteiger partial charge >= 0.3 is 0 Å². The minimum absolute atomic E-state index is 0.162. The Balaban J connectivity index is 1.93. The summed E-state index contributed by atoms with van der Waals surface area (Å²) in [6.07, 6.45) is 1.13. The second-order valence-electron chi connectivity index (χ2n) is 8.93. The summed E-state index contributed by atoms with van der Waals surface area (Å²) in [6.45, 7) is 6.18. The van der Waals surface area contributed by atoms with Crippen LogP contribution >= 0.6 is 34.8 Å². The summed E-state index contributed by atoms with van der Waals surface area (Å²) in [5.41, 5.74) is 3.41. The van der Waals surface area contributed by atoms with Gasteiger partial charge in [0.25, 0.3) is 5.91 Å². The summed E-state index contributed by atoms with van der Waals surface area (Å²) in [5, 5.41) is 4.41. The SMILES string of the molecule is CCCNC(=O)[C@H](Cc1ccccc1)N(Cc1ccc(Cl)c(Cl)c1)C(=O)COc1cc(C)c(Cl)c(C)c1. The van der Waals surface area contributed by atoms with E-state index in [0.717, 1.165) is 28.7 Å². The lowest BCUT2D eigenvalue weighted by molar-refractivity contribution is -0.142. The van der Waals surface area contributed by atoms with Crippen molar-refractivity contribution in [2.24, 2.45) is 0 Å². The second-order valence-corrected chi connectivity index (χ2v) is 10.1. The van der Waals surface area contributed by atoms with Crippen molar-refractivity contribution in [2.45, 2.75) is 46.2 Å². The van der Waals surface area contributed by atoms with E-state index in [1.165, 1.54) is 0 Å². The van der Waals surface area contributed by atoms with E-state index in [9.17, 15) is 9.59 Å². The normalized spacial score (nSPS) is 11.6. The first-order valence-electron chi connectivity index (χ1n) is 12.1. The topological polar surface area (TPSA) is 58.6 Å². The quantitative estimate of drug-likeness (QED) is 0.280. The Labute approximate surface area is 233 Å². The maximum Gasteiger partial charge on any atom is 0.261 e. The highest BCUT2D eigenvalue weighted by atomic mass is 35.5. The summed E-state index contributed by atoms with van der Waals surface area (Å²) in [6, 6.07) is 17.6. The van der Waals surface area contributed by atoms with E-state index in [1.54, 1.807) is 35.2 Å². The number of nitrogens with one attached hydrogen (secondary N) is 1. The molecule has 196 valence electrons. The van der Waals surface area contributed by atoms with Crippen molar-refractivity contribution < 1.29 is 14.3 Å². The van der Waals surface area contributed by atoms with Crippen LogP contribution in [0.5, 0.6) is 5.75 Å². The van der Waals surface area contributed by atoms with Crippen LogP contribution in [0.15, 0.2) is 60.7 Å². The molecule has 0 unspecified atom stereocenters. The lowest BCUT2D eigenvalue weighted by Crippen LogP contribution is -2.51. The van der Waals surface area contributed by atoms with Crippen LogP contribution in [0.2, 0.25) is 15.1 Å². The number of ether oxygens (including phenoxy) is 1. The highest BCUT2D eigenvalue weighted by molar-refractivity contribution is 6.42. The van der Waals surface area contributed by atoms with Gasteiger partial charge in [0, 0.05) is 24.5 Å². The standard InChI is InChI=1S/C29H31Cl3N2O3/c1-4-12-33-29(36)26(16-21-8-6-5-7-9-21)34(17-22-10-11-24(30)25(31)15-22)27(35)18-37-23-13-19(2)28(32)20(3)14-23/h5-11,13-15,26H,4,12,16-18H2,1-3H3,(H,33,36)/t26-/m0/s1. The largest absolute Gasteiger partial charge is 0.484 e. The first-order valence-corrected chi connectivity index (χ1v) is 13.3. The van der Waals surface area contributed by atoms with Crippen LogP contribution in [0.3, 0.4) is 0 Å². The lowest BCUT2D eigenvalue weighted by atomic mass is 10.0. The molecule has 0 radical (unpaired) electrons. The average molecular weight is 562 g/mol. The Bertz CT molecular complexity index is 1210. The number of halogens is 3. The van der Waals surface area contributed by atoms with E-state index in [0.29, 0.717) is 33.8 Å². The Morgan fingerprint density at radius 1 is 0.919 bits per heavy atom. The Hall–Kier alpha value is -2.73. The van der Waals surface area contributed by atoms with Crippen molar-refractivity contribution in [3.8, 4) is 5.75 Å². The fourth-order valence-corrected chi connectivity index (χ4v) is 4.40. The van der Waals surface area contributed by atoms with Gasteiger partial charge in [0.1, 0.15) is 11.8 Å². The van der Waals surface area contributed by atoms with Crippen LogP contribution in [-0.2, 0) is 22.6 Å². The van der Waals surface area contributed by atoms with Crippen LogP contribution in [0, 0.1) is 13.8 Å². The summed E-state index contributed by atoms with van der Waals surface area (Å²) >= 11 is 18.6. The molecule has 3 rings (SSSR count). The molecule has 0 aliphatic rings. The number of hydrogen-bond acceptors (Lipinski definition) is 3. The molecular weight excluding hydrogens is 531 g/mol. The van der Waals surface area contributed by atoms with Crippen molar-refractivity contribution in [2.75, 3.05) is 13.2 Å². The average Bonchev–Trinajstić information content (AvgIpc) is 2.89. The molecule has 0 bridgehead atoms. The van der Waals surface area contributed by atoms with Gasteiger partial charge in [-0.05, 0) is 66.8 Å². The monoisotopic (exact) mass is 560 g/mol. The van der Waals surface area contributed by atoms with Crippen molar-refractivity contribution in [1.29, 1.82) is 0 Å². The Kier molecular flexibility index (Phi) is 10.7. The third-order valence-corrected chi connectivity index (χ3v) is 7.26. The van der Waals surface area contributed by atoms with Crippen LogP contribution in [0.1, 0.15) is 35.6 Å². The number of aryl methyl sites for hydroxylation is 2. The van der Waals surface area contributed by atoms with E-state index >= 15 is 0 Å². The number of carbonyl (C=O) groups is 2. The van der Waals surface area contributed by atoms with Crippen LogP contribution in [0.25, 0.3) is 0 Å². The molecular formula is C29H31Cl3N2O3. The molecule has 0 spiro atoms. The molecule has 0 fully saturated rings. The van der Waals surface area contributed by atoms with Crippen molar-refractivity contribution in [3.63, 3.8) is 0 Å². The smallest absolute Gasteiger partial charge is 0.261 e. The first-order chi connectivity index (χ1) is 17.7. The number of amides is 2. The molecule has 0 aromatic heterocycles. The van der Waals surface area contributed by atoms with Crippen molar-refractivity contribution >= 4 is 46.6 Å². The Morgan fingerprint density at radius 2 is 1.59 bits per heavy atom. The minimum atomic E-state index is -0.756. The molecule has 1 N–H and O–H groups in total. The number of rotatable bonds is 11. The van der Waals surface area contributed by atoms with Gasteiger partial charge in [-0.25, -0.2) is 0 Å². The summed E-state index contributed by atoms with van der Waals surface area (Å²) in [4.78, 5) is 28.6. The maximum absolute atomic E-state index is 13.7. The van der Waals surface area contributed by atoms with Crippen molar-refractivity contribution in [1.82, 2.24) is 10.2 Å². The van der Waals surface area contributed by atoms with Crippen LogP contribution in [0.4, 0.5) is 0 Å². The maximum atomic E-state index is 13.7. The van der Waals surface area contributed by atoms with Gasteiger partial charge in [-0.3, -0.25) is 9.59 Å². The summed E-state index contributed by atoms with van der Waals surface area (Å²) in [5.74, 6) is -0.0153. The van der Waals surface area contributed by atoms with E-state index in [2.05, 4.69) is 5.32 Å². The molecule has 3 aromatic rings. The zero-order valence-electron chi connectivity index (χ0n) is 21.2. The van der Waals surface area contributed by atoms with Gasteiger partial charge in [0.15, 0.2) is 6.61 Å². The fraction of sp³-hybridized carbons (Fsp3) is 0.310. The number of hydrogen-bond donors (Lipinski definition) is 1. The summed E-state index contributed by atoms with van der Waals surface area (Å²) < 4.78 is 5.88. The molecule has 3 aromatic carbocycles. The second kappa shape index (κ2) is 13.7. The number of nitrogens with zero attached hydrogens (tertiary/aromatic N) is 1.